The number of methoxy groups -OCH3 is 1. The van der Waals surface area contributed by atoms with E-state index >= 15 is 0 Å². The first-order chi connectivity index (χ1) is 9.58. The second-order valence-electron chi connectivity index (χ2n) is 5.02. The van der Waals surface area contributed by atoms with Crippen LogP contribution in [-0.2, 0) is 0 Å². The van der Waals surface area contributed by atoms with Crippen LogP contribution in [0.2, 0.25) is 0 Å². The van der Waals surface area contributed by atoms with E-state index < -0.39 is 0 Å². The second kappa shape index (κ2) is 6.14. The minimum absolute atomic E-state index is 0.156. The first-order valence-corrected chi connectivity index (χ1v) is 7.02. The van der Waals surface area contributed by atoms with E-state index in [1.807, 2.05) is 26.0 Å². The Morgan fingerprint density at radius 1 is 1.10 bits per heavy atom. The van der Waals surface area contributed by atoms with Gasteiger partial charge < -0.3 is 14.5 Å². The number of hydrogen-bond donors (Lipinski definition) is 1. The lowest BCUT2D eigenvalue weighted by Crippen LogP contribution is -2.22. The van der Waals surface area contributed by atoms with Crippen molar-refractivity contribution in [2.75, 3.05) is 13.7 Å². The summed E-state index contributed by atoms with van der Waals surface area (Å²) in [6.45, 7) is 9.19. The van der Waals surface area contributed by atoms with Gasteiger partial charge in [-0.3, -0.25) is 0 Å². The Morgan fingerprint density at radius 2 is 1.75 bits per heavy atom. The van der Waals surface area contributed by atoms with Crippen molar-refractivity contribution in [1.82, 2.24) is 5.32 Å². The number of rotatable bonds is 5. The summed E-state index contributed by atoms with van der Waals surface area (Å²) in [7, 11) is 1.69. The molecule has 0 aliphatic rings. The van der Waals surface area contributed by atoms with Gasteiger partial charge in [0.05, 0.1) is 13.2 Å². The van der Waals surface area contributed by atoms with E-state index in [2.05, 4.69) is 31.3 Å². The first-order valence-electron chi connectivity index (χ1n) is 7.02. The van der Waals surface area contributed by atoms with Gasteiger partial charge in [-0.05, 0) is 50.6 Å². The summed E-state index contributed by atoms with van der Waals surface area (Å²) in [6.07, 6.45) is 0. The van der Waals surface area contributed by atoms with E-state index in [0.717, 1.165) is 23.8 Å². The van der Waals surface area contributed by atoms with Gasteiger partial charge in [0.25, 0.3) is 0 Å². The molecule has 0 radical (unpaired) electrons. The minimum Gasteiger partial charge on any atom is -0.497 e. The number of nitrogens with one attached hydrogen (secondary N) is 1. The number of hydrogen-bond acceptors (Lipinski definition) is 3. The third kappa shape index (κ3) is 2.73. The zero-order valence-corrected chi connectivity index (χ0v) is 12.9. The molecule has 1 aromatic carbocycles. The Bertz CT molecular complexity index is 569. The average molecular weight is 273 g/mol. The molecule has 1 unspecified atom stereocenters. The molecule has 0 fully saturated rings. The van der Waals surface area contributed by atoms with Crippen molar-refractivity contribution in [2.45, 2.75) is 33.7 Å². The highest BCUT2D eigenvalue weighted by atomic mass is 16.5. The standard InChI is InChI=1S/C17H23NO2/c1-6-18-17(14-7-9-15(19-5)10-8-14)16-11(2)12(3)20-13(16)4/h7-10,17-18H,6H2,1-5H3. The van der Waals surface area contributed by atoms with Gasteiger partial charge in [-0.1, -0.05) is 19.1 Å². The molecule has 0 saturated heterocycles. The van der Waals surface area contributed by atoms with Gasteiger partial charge in [0.15, 0.2) is 0 Å². The zero-order valence-electron chi connectivity index (χ0n) is 12.9. The maximum absolute atomic E-state index is 5.77. The molecule has 1 heterocycles. The van der Waals surface area contributed by atoms with E-state index in [9.17, 15) is 0 Å². The molecule has 0 spiro atoms. The fourth-order valence-electron chi connectivity index (χ4n) is 2.62. The van der Waals surface area contributed by atoms with Gasteiger partial charge in [0.1, 0.15) is 17.3 Å². The molecular formula is C17H23NO2. The highest BCUT2D eigenvalue weighted by Crippen LogP contribution is 2.32. The van der Waals surface area contributed by atoms with Crippen LogP contribution >= 0.6 is 0 Å². The molecule has 1 aromatic heterocycles. The normalized spacial score (nSPS) is 12.4. The summed E-state index contributed by atoms with van der Waals surface area (Å²) in [5.74, 6) is 2.86. The van der Waals surface area contributed by atoms with Crippen molar-refractivity contribution in [3.05, 3.63) is 52.5 Å². The van der Waals surface area contributed by atoms with Gasteiger partial charge in [0, 0.05) is 5.56 Å². The highest BCUT2D eigenvalue weighted by Gasteiger charge is 2.21. The van der Waals surface area contributed by atoms with Crippen LogP contribution in [-0.4, -0.2) is 13.7 Å². The molecule has 2 rings (SSSR count). The van der Waals surface area contributed by atoms with E-state index in [4.69, 9.17) is 9.15 Å². The molecule has 1 atom stereocenters. The largest absolute Gasteiger partial charge is 0.497 e. The predicted octanol–water partition coefficient (Wildman–Crippen LogP) is 3.91. The van der Waals surface area contributed by atoms with E-state index in [1.54, 1.807) is 7.11 Å². The molecule has 20 heavy (non-hydrogen) atoms. The third-order valence-corrected chi connectivity index (χ3v) is 3.76. The molecule has 108 valence electrons. The van der Waals surface area contributed by atoms with Gasteiger partial charge >= 0.3 is 0 Å². The summed E-state index contributed by atoms with van der Waals surface area (Å²) in [4.78, 5) is 0. The van der Waals surface area contributed by atoms with E-state index in [1.165, 1.54) is 16.7 Å². The smallest absolute Gasteiger partial charge is 0.118 e. The monoisotopic (exact) mass is 273 g/mol. The summed E-state index contributed by atoms with van der Waals surface area (Å²) < 4.78 is 11.0. The van der Waals surface area contributed by atoms with Crippen molar-refractivity contribution >= 4 is 0 Å². The zero-order chi connectivity index (χ0) is 14.7. The molecule has 2 aromatic rings. The lowest BCUT2D eigenvalue weighted by Gasteiger charge is -2.19. The number of ether oxygens (including phenoxy) is 1. The minimum atomic E-state index is 0.156. The van der Waals surface area contributed by atoms with Gasteiger partial charge in [-0.2, -0.15) is 0 Å². The summed E-state index contributed by atoms with van der Waals surface area (Å²) in [6, 6.07) is 8.36. The van der Waals surface area contributed by atoms with E-state index in [-0.39, 0.29) is 6.04 Å². The average Bonchev–Trinajstić information content (AvgIpc) is 2.70. The van der Waals surface area contributed by atoms with Crippen LogP contribution in [0.1, 0.15) is 41.2 Å². The number of benzene rings is 1. The molecule has 0 saturated carbocycles. The van der Waals surface area contributed by atoms with Gasteiger partial charge in [-0.25, -0.2) is 0 Å². The molecule has 0 bridgehead atoms. The van der Waals surface area contributed by atoms with Crippen LogP contribution < -0.4 is 10.1 Å². The topological polar surface area (TPSA) is 34.4 Å². The summed E-state index contributed by atoms with van der Waals surface area (Å²) in [5, 5.41) is 3.55. The summed E-state index contributed by atoms with van der Waals surface area (Å²) in [5.41, 5.74) is 3.69. The van der Waals surface area contributed by atoms with Crippen LogP contribution in [0.5, 0.6) is 5.75 Å². The van der Waals surface area contributed by atoms with Crippen LogP contribution in [0, 0.1) is 20.8 Å². The van der Waals surface area contributed by atoms with Crippen LogP contribution in [0.15, 0.2) is 28.7 Å². The lowest BCUT2D eigenvalue weighted by atomic mass is 9.95. The number of furan rings is 1. The molecular weight excluding hydrogens is 250 g/mol. The van der Waals surface area contributed by atoms with Crippen molar-refractivity contribution in [2.24, 2.45) is 0 Å². The Labute approximate surface area is 121 Å². The molecule has 0 aliphatic carbocycles. The Hall–Kier alpha value is -1.74. The van der Waals surface area contributed by atoms with Gasteiger partial charge in [-0.15, -0.1) is 0 Å². The Kier molecular flexibility index (Phi) is 4.50. The van der Waals surface area contributed by atoms with E-state index in [0.29, 0.717) is 0 Å². The Balaban J connectivity index is 2.44. The third-order valence-electron chi connectivity index (χ3n) is 3.76. The fraction of sp³-hybridized carbons (Fsp3) is 0.412. The van der Waals surface area contributed by atoms with Crippen molar-refractivity contribution < 1.29 is 9.15 Å². The molecule has 1 N–H and O–H groups in total. The van der Waals surface area contributed by atoms with Gasteiger partial charge in [0.2, 0.25) is 0 Å². The maximum Gasteiger partial charge on any atom is 0.118 e. The fourth-order valence-corrected chi connectivity index (χ4v) is 2.62. The quantitative estimate of drug-likeness (QED) is 0.896. The van der Waals surface area contributed by atoms with Crippen molar-refractivity contribution in [1.29, 1.82) is 0 Å². The lowest BCUT2D eigenvalue weighted by molar-refractivity contribution is 0.414. The predicted molar refractivity (Wildman–Crippen MR) is 81.4 cm³/mol. The van der Waals surface area contributed by atoms with Crippen molar-refractivity contribution in [3.63, 3.8) is 0 Å². The highest BCUT2D eigenvalue weighted by molar-refractivity contribution is 5.42. The van der Waals surface area contributed by atoms with Crippen LogP contribution in [0.25, 0.3) is 0 Å². The first kappa shape index (κ1) is 14.7. The number of aryl methyl sites for hydroxylation is 2. The maximum atomic E-state index is 5.77. The molecule has 0 aliphatic heterocycles. The molecule has 3 nitrogen and oxygen atoms in total. The second-order valence-corrected chi connectivity index (χ2v) is 5.02. The Morgan fingerprint density at radius 3 is 2.20 bits per heavy atom. The molecule has 0 amide bonds. The van der Waals surface area contributed by atoms with Crippen LogP contribution in [0.4, 0.5) is 0 Å². The molecule has 3 heteroatoms. The van der Waals surface area contributed by atoms with Crippen LogP contribution in [0.3, 0.4) is 0 Å². The van der Waals surface area contributed by atoms with Crippen molar-refractivity contribution in [3.8, 4) is 5.75 Å². The SMILES string of the molecule is CCNC(c1ccc(OC)cc1)c1c(C)oc(C)c1C. The summed E-state index contributed by atoms with van der Waals surface area (Å²) >= 11 is 0.